The lowest BCUT2D eigenvalue weighted by atomic mass is 10.1. The summed E-state index contributed by atoms with van der Waals surface area (Å²) in [6, 6.07) is -2.63. The topological polar surface area (TPSA) is 182 Å². The number of imide groups is 1. The van der Waals surface area contributed by atoms with E-state index in [1.807, 2.05) is 0 Å². The third kappa shape index (κ3) is 3.78. The van der Waals surface area contributed by atoms with Gasteiger partial charge in [0.25, 0.3) is 5.91 Å². The van der Waals surface area contributed by atoms with Crippen LogP contribution in [0.2, 0.25) is 0 Å². The van der Waals surface area contributed by atoms with Crippen LogP contribution in [0, 0.1) is 0 Å². The second kappa shape index (κ2) is 7.29. The normalized spacial score (nSPS) is 22.5. The molecule has 0 saturated carbocycles. The van der Waals surface area contributed by atoms with E-state index in [-0.39, 0.29) is 13.0 Å². The van der Waals surface area contributed by atoms with E-state index in [9.17, 15) is 24.3 Å². The molecule has 0 aliphatic carbocycles. The summed E-state index contributed by atoms with van der Waals surface area (Å²) < 4.78 is 4.81. The molecule has 0 aromatic heterocycles. The van der Waals surface area contributed by atoms with Gasteiger partial charge in [-0.05, 0) is 6.42 Å². The van der Waals surface area contributed by atoms with Gasteiger partial charge in [0.2, 0.25) is 11.8 Å². The van der Waals surface area contributed by atoms with E-state index in [0.717, 1.165) is 0 Å². The molecule has 0 bridgehead atoms. The van der Waals surface area contributed by atoms with Crippen molar-refractivity contribution < 1.29 is 29.0 Å². The van der Waals surface area contributed by atoms with Crippen LogP contribution in [0.25, 0.3) is 0 Å². The molecular formula is C12H20N4O6. The molecule has 10 heteroatoms. The molecule has 1 aliphatic heterocycles. The summed E-state index contributed by atoms with van der Waals surface area (Å²) in [5.41, 5.74) is 15.8. The lowest BCUT2D eigenvalue weighted by molar-refractivity contribution is -0.159. The van der Waals surface area contributed by atoms with Gasteiger partial charge in [0.15, 0.2) is 12.2 Å². The Morgan fingerprint density at radius 2 is 1.86 bits per heavy atom. The Balaban J connectivity index is 3.05. The maximum atomic E-state index is 12.3. The van der Waals surface area contributed by atoms with Crippen LogP contribution >= 0.6 is 0 Å². The van der Waals surface area contributed by atoms with E-state index in [0.29, 0.717) is 11.3 Å². The first-order chi connectivity index (χ1) is 10.3. The Hall–Kier alpha value is -2.04. The Kier molecular flexibility index (Phi) is 5.97. The summed E-state index contributed by atoms with van der Waals surface area (Å²) >= 11 is 0. The fourth-order valence-electron chi connectivity index (χ4n) is 1.99. The first-order valence-corrected chi connectivity index (χ1v) is 6.76. The Morgan fingerprint density at radius 1 is 1.27 bits per heavy atom. The summed E-state index contributed by atoms with van der Waals surface area (Å²) in [5.74, 6) is -4.09. The van der Waals surface area contributed by atoms with Crippen molar-refractivity contribution in [3.63, 3.8) is 0 Å². The van der Waals surface area contributed by atoms with Gasteiger partial charge in [-0.15, -0.1) is 0 Å². The van der Waals surface area contributed by atoms with Crippen molar-refractivity contribution in [3.05, 3.63) is 0 Å². The first-order valence-electron chi connectivity index (χ1n) is 6.76. The highest BCUT2D eigenvalue weighted by atomic mass is 16.6. The predicted molar refractivity (Wildman–Crippen MR) is 73.1 cm³/mol. The highest BCUT2D eigenvalue weighted by molar-refractivity contribution is 6.06. The number of carboxylic acid groups (broad SMARTS) is 1. The zero-order valence-electron chi connectivity index (χ0n) is 12.1. The number of rotatable bonds is 8. The number of aliphatic carboxylic acids is 1. The lowest BCUT2D eigenvalue weighted by Gasteiger charge is -2.28. The Bertz CT molecular complexity index is 482. The molecule has 0 radical (unpaired) electrons. The van der Waals surface area contributed by atoms with E-state index in [1.165, 1.54) is 0 Å². The average Bonchev–Trinajstić information content (AvgIpc) is 3.25. The van der Waals surface area contributed by atoms with Gasteiger partial charge >= 0.3 is 5.97 Å². The van der Waals surface area contributed by atoms with Crippen molar-refractivity contribution in [3.8, 4) is 0 Å². The molecule has 1 rings (SSSR count). The standard InChI is InChI=1S/C12H20N4O6/c1-2-3-6(12(20)21)16(10(18)5(14)4-13)11(19)8-7(22-8)9(15)17/h5-8H,2-4,13-14H2,1H3,(H2,15,17)(H,20,21)/t5?,6-,7?,8?/m0/s1. The molecular weight excluding hydrogens is 296 g/mol. The van der Waals surface area contributed by atoms with Gasteiger partial charge in [0.05, 0.1) is 6.04 Å². The summed E-state index contributed by atoms with van der Waals surface area (Å²) in [6.07, 6.45) is -1.97. The molecule has 10 nitrogen and oxygen atoms in total. The fraction of sp³-hybridized carbons (Fsp3) is 0.667. The molecule has 1 saturated heterocycles. The van der Waals surface area contributed by atoms with Gasteiger partial charge in [0, 0.05) is 6.54 Å². The molecule has 4 atom stereocenters. The number of amides is 3. The maximum Gasteiger partial charge on any atom is 0.326 e. The zero-order chi connectivity index (χ0) is 17.0. The van der Waals surface area contributed by atoms with E-state index in [4.69, 9.17) is 21.9 Å². The van der Waals surface area contributed by atoms with Gasteiger partial charge in [-0.3, -0.25) is 19.3 Å². The zero-order valence-corrected chi connectivity index (χ0v) is 12.1. The van der Waals surface area contributed by atoms with E-state index >= 15 is 0 Å². The minimum Gasteiger partial charge on any atom is -0.480 e. The number of epoxide rings is 1. The SMILES string of the molecule is CCC[C@@H](C(=O)O)N(C(=O)C(N)CN)C(=O)C1OC1C(N)=O. The summed E-state index contributed by atoms with van der Waals surface area (Å²) in [6.45, 7) is 1.44. The lowest BCUT2D eigenvalue weighted by Crippen LogP contribution is -2.57. The second-order valence-electron chi connectivity index (χ2n) is 4.91. The van der Waals surface area contributed by atoms with Crippen molar-refractivity contribution in [2.24, 2.45) is 17.2 Å². The van der Waals surface area contributed by atoms with Crippen LogP contribution in [0.4, 0.5) is 0 Å². The van der Waals surface area contributed by atoms with Crippen LogP contribution in [0.5, 0.6) is 0 Å². The van der Waals surface area contributed by atoms with Crippen LogP contribution in [-0.4, -0.2) is 64.5 Å². The van der Waals surface area contributed by atoms with Gasteiger partial charge < -0.3 is 27.0 Å². The number of hydrogen-bond acceptors (Lipinski definition) is 7. The largest absolute Gasteiger partial charge is 0.480 e. The number of carbonyl (C=O) groups excluding carboxylic acids is 3. The maximum absolute atomic E-state index is 12.3. The highest BCUT2D eigenvalue weighted by Gasteiger charge is 2.54. The molecule has 3 unspecified atom stereocenters. The number of carbonyl (C=O) groups is 4. The monoisotopic (exact) mass is 316 g/mol. The quantitative estimate of drug-likeness (QED) is 0.344. The molecule has 0 aromatic rings. The molecule has 124 valence electrons. The van der Waals surface area contributed by atoms with Gasteiger partial charge in [-0.1, -0.05) is 13.3 Å². The van der Waals surface area contributed by atoms with Crippen molar-refractivity contribution in [1.82, 2.24) is 4.90 Å². The number of nitrogens with zero attached hydrogens (tertiary/aromatic N) is 1. The first kappa shape index (κ1) is 18.0. The number of primary amides is 1. The van der Waals surface area contributed by atoms with Gasteiger partial charge in [-0.25, -0.2) is 4.79 Å². The molecule has 1 heterocycles. The third-order valence-electron chi connectivity index (χ3n) is 3.22. The van der Waals surface area contributed by atoms with Gasteiger partial charge in [0.1, 0.15) is 6.04 Å². The van der Waals surface area contributed by atoms with Crippen LogP contribution in [0.1, 0.15) is 19.8 Å². The predicted octanol–water partition coefficient (Wildman–Crippen LogP) is -2.87. The van der Waals surface area contributed by atoms with Crippen molar-refractivity contribution in [2.45, 2.75) is 44.1 Å². The number of nitrogens with two attached hydrogens (primary N) is 3. The van der Waals surface area contributed by atoms with Crippen molar-refractivity contribution >= 4 is 23.7 Å². The van der Waals surface area contributed by atoms with E-state index < -0.39 is 48.0 Å². The van der Waals surface area contributed by atoms with Crippen LogP contribution in [-0.2, 0) is 23.9 Å². The molecule has 1 fully saturated rings. The molecule has 1 aliphatic rings. The average molecular weight is 316 g/mol. The molecule has 3 amide bonds. The van der Waals surface area contributed by atoms with Crippen molar-refractivity contribution in [1.29, 1.82) is 0 Å². The Morgan fingerprint density at radius 3 is 2.23 bits per heavy atom. The number of ether oxygens (including phenoxy) is 1. The smallest absolute Gasteiger partial charge is 0.326 e. The molecule has 7 N–H and O–H groups in total. The second-order valence-corrected chi connectivity index (χ2v) is 4.91. The van der Waals surface area contributed by atoms with E-state index in [2.05, 4.69) is 0 Å². The Labute approximate surface area is 126 Å². The summed E-state index contributed by atoms with van der Waals surface area (Å²) in [7, 11) is 0. The van der Waals surface area contributed by atoms with E-state index in [1.54, 1.807) is 6.92 Å². The fourth-order valence-corrected chi connectivity index (χ4v) is 1.99. The minimum absolute atomic E-state index is 0.0397. The molecule has 0 aromatic carbocycles. The molecule has 0 spiro atoms. The van der Waals surface area contributed by atoms with Crippen LogP contribution in [0.3, 0.4) is 0 Å². The van der Waals surface area contributed by atoms with Crippen LogP contribution < -0.4 is 17.2 Å². The minimum atomic E-state index is -1.40. The van der Waals surface area contributed by atoms with Crippen LogP contribution in [0.15, 0.2) is 0 Å². The number of carboxylic acids is 1. The van der Waals surface area contributed by atoms with Crippen molar-refractivity contribution in [2.75, 3.05) is 6.54 Å². The molecule has 22 heavy (non-hydrogen) atoms. The van der Waals surface area contributed by atoms with Gasteiger partial charge in [-0.2, -0.15) is 0 Å². The third-order valence-corrected chi connectivity index (χ3v) is 3.22. The number of hydrogen-bond donors (Lipinski definition) is 4. The summed E-state index contributed by atoms with van der Waals surface area (Å²) in [4.78, 5) is 47.4. The highest BCUT2D eigenvalue weighted by Crippen LogP contribution is 2.26. The summed E-state index contributed by atoms with van der Waals surface area (Å²) in [5, 5.41) is 9.25.